The second-order valence-electron chi connectivity index (χ2n) is 8.86. The van der Waals surface area contributed by atoms with Crippen LogP contribution < -0.4 is 5.46 Å². The van der Waals surface area contributed by atoms with Gasteiger partial charge in [-0.05, 0) is 39.8 Å². The van der Waals surface area contributed by atoms with E-state index in [1.165, 1.54) is 0 Å². The third-order valence-electron chi connectivity index (χ3n) is 5.99. The largest absolute Gasteiger partial charge is 0.456 e. The van der Waals surface area contributed by atoms with E-state index < -0.39 is 11.2 Å². The third kappa shape index (κ3) is 3.65. The predicted octanol–water partition coefficient (Wildman–Crippen LogP) is 5.67. The summed E-state index contributed by atoms with van der Waals surface area (Å²) in [5.74, 6) is 0. The molecule has 4 nitrogen and oxygen atoms in total. The van der Waals surface area contributed by atoms with Gasteiger partial charge in [0, 0.05) is 22.4 Å². The van der Waals surface area contributed by atoms with Gasteiger partial charge in [-0.15, -0.1) is 11.3 Å². The van der Waals surface area contributed by atoms with Gasteiger partial charge < -0.3 is 14.2 Å². The normalized spacial score (nSPS) is 12.8. The van der Waals surface area contributed by atoms with Crippen LogP contribution in [-0.2, 0) is 4.65 Å². The lowest BCUT2D eigenvalue weighted by Crippen LogP contribution is -2.49. The van der Waals surface area contributed by atoms with E-state index in [-0.39, 0.29) is 0 Å². The van der Waals surface area contributed by atoms with Crippen molar-refractivity contribution in [2.75, 3.05) is 0 Å². The van der Waals surface area contributed by atoms with Crippen molar-refractivity contribution in [2.24, 2.45) is 0 Å². The molecule has 3 aromatic carbocycles. The van der Waals surface area contributed by atoms with Crippen molar-refractivity contribution < 1.29 is 14.2 Å². The monoisotopic (exact) mass is 428 g/mol. The van der Waals surface area contributed by atoms with Crippen LogP contribution in [0.1, 0.15) is 27.7 Å². The van der Waals surface area contributed by atoms with E-state index in [2.05, 4.69) is 24.3 Å². The van der Waals surface area contributed by atoms with Gasteiger partial charge in [-0.25, -0.2) is 4.98 Å². The molecule has 0 atom stereocenters. The molecule has 0 unspecified atom stereocenters. The molecule has 2 heterocycles. The topological polar surface area (TPSA) is 55.5 Å². The Morgan fingerprint density at radius 2 is 1.68 bits per heavy atom. The lowest BCUT2D eigenvalue weighted by molar-refractivity contribution is -0.0893. The number of rotatable bonds is 5. The molecule has 1 radical (unpaired) electrons. The fourth-order valence-corrected chi connectivity index (χ4v) is 4.34. The van der Waals surface area contributed by atoms with Gasteiger partial charge in [-0.3, -0.25) is 0 Å². The fraction of sp³-hybridized carbons (Fsp3) is 0.240. The zero-order valence-corrected chi connectivity index (χ0v) is 18.8. The number of benzene rings is 3. The third-order valence-corrected chi connectivity index (χ3v) is 7.05. The molecule has 0 aliphatic rings. The maximum atomic E-state index is 10.3. The van der Waals surface area contributed by atoms with Crippen molar-refractivity contribution in [3.63, 3.8) is 0 Å². The highest BCUT2D eigenvalue weighted by molar-refractivity contribution is 7.21. The van der Waals surface area contributed by atoms with Crippen molar-refractivity contribution in [3.8, 4) is 10.6 Å². The van der Waals surface area contributed by atoms with Crippen LogP contribution in [0.2, 0.25) is 0 Å². The van der Waals surface area contributed by atoms with Crippen LogP contribution >= 0.6 is 11.3 Å². The number of hydrogen-bond acceptors (Lipinski definition) is 5. The number of aromatic nitrogens is 1. The molecule has 6 heteroatoms. The highest BCUT2D eigenvalue weighted by atomic mass is 32.1. The first-order chi connectivity index (χ1) is 14.7. The maximum Gasteiger partial charge on any atom is 0.330 e. The van der Waals surface area contributed by atoms with Gasteiger partial charge in [0.2, 0.25) is 0 Å². The van der Waals surface area contributed by atoms with E-state index in [9.17, 15) is 5.11 Å². The second-order valence-corrected chi connectivity index (χ2v) is 9.89. The lowest BCUT2D eigenvalue weighted by Gasteiger charge is -2.37. The van der Waals surface area contributed by atoms with E-state index in [1.807, 2.05) is 50.2 Å². The lowest BCUT2D eigenvalue weighted by atomic mass is 9.82. The Bertz CT molecular complexity index is 1400. The molecule has 0 spiro atoms. The maximum absolute atomic E-state index is 10.3. The summed E-state index contributed by atoms with van der Waals surface area (Å²) in [6.45, 7) is 7.25. The summed E-state index contributed by atoms with van der Waals surface area (Å²) < 4.78 is 13.2. The molecule has 0 bridgehead atoms. The molecule has 1 N–H and O–H groups in total. The van der Waals surface area contributed by atoms with Crippen LogP contribution in [0.3, 0.4) is 0 Å². The van der Waals surface area contributed by atoms with Crippen LogP contribution in [0.15, 0.2) is 65.1 Å². The van der Waals surface area contributed by atoms with Crippen LogP contribution in [-0.4, -0.2) is 28.8 Å². The van der Waals surface area contributed by atoms with Crippen LogP contribution in [0, 0.1) is 0 Å². The Morgan fingerprint density at radius 1 is 0.935 bits per heavy atom. The van der Waals surface area contributed by atoms with Gasteiger partial charge in [0.05, 0.1) is 21.4 Å². The molecule has 0 saturated heterocycles. The minimum Gasteiger partial charge on any atom is -0.456 e. The van der Waals surface area contributed by atoms with E-state index in [4.69, 9.17) is 14.1 Å². The van der Waals surface area contributed by atoms with E-state index in [0.717, 1.165) is 48.2 Å². The fourth-order valence-electron chi connectivity index (χ4n) is 3.35. The second kappa shape index (κ2) is 7.19. The van der Waals surface area contributed by atoms with Crippen LogP contribution in [0.4, 0.5) is 0 Å². The van der Waals surface area contributed by atoms with Crippen LogP contribution in [0.5, 0.6) is 0 Å². The molecule has 2 aromatic heterocycles. The first kappa shape index (κ1) is 20.2. The minimum absolute atomic E-state index is 0.719. The average Bonchev–Trinajstić information content (AvgIpc) is 3.30. The molecule has 0 aliphatic heterocycles. The van der Waals surface area contributed by atoms with E-state index in [1.54, 1.807) is 32.7 Å². The van der Waals surface area contributed by atoms with Crippen molar-refractivity contribution in [3.05, 3.63) is 60.7 Å². The number of thiazole rings is 1. The Balaban J connectivity index is 1.53. The molecular weight excluding hydrogens is 405 g/mol. The zero-order chi connectivity index (χ0) is 21.8. The molecule has 31 heavy (non-hydrogen) atoms. The molecule has 155 valence electrons. The van der Waals surface area contributed by atoms with Crippen LogP contribution in [0.25, 0.3) is 42.7 Å². The number of furan rings is 1. The predicted molar refractivity (Wildman–Crippen MR) is 129 cm³/mol. The summed E-state index contributed by atoms with van der Waals surface area (Å²) in [6, 6.07) is 20.4. The molecule has 0 fully saturated rings. The summed E-state index contributed by atoms with van der Waals surface area (Å²) in [5.41, 5.74) is 2.94. The molecule has 0 aliphatic carbocycles. The summed E-state index contributed by atoms with van der Waals surface area (Å²) in [6.07, 6.45) is 0. The standard InChI is InChI=1S/C25H23BNO3S/c1-24(2,28)25(3,4)30-26-16-10-11-20-17(12-16)18-13-22-19(14-21(18)29-20)27-23(31-22)15-8-6-5-7-9-15/h5-14,28H,1-4H3. The van der Waals surface area contributed by atoms with Crippen molar-refractivity contribution in [1.82, 2.24) is 4.98 Å². The Morgan fingerprint density at radius 3 is 2.42 bits per heavy atom. The van der Waals surface area contributed by atoms with Gasteiger partial charge in [0.15, 0.2) is 0 Å². The van der Waals surface area contributed by atoms with E-state index in [0.29, 0.717) is 0 Å². The number of hydrogen-bond donors (Lipinski definition) is 1. The Kier molecular flexibility index (Phi) is 4.70. The van der Waals surface area contributed by atoms with Crippen molar-refractivity contribution in [1.29, 1.82) is 0 Å². The summed E-state index contributed by atoms with van der Waals surface area (Å²) >= 11 is 1.68. The number of fused-ring (bicyclic) bond motifs is 4. The van der Waals surface area contributed by atoms with Crippen molar-refractivity contribution in [2.45, 2.75) is 38.9 Å². The van der Waals surface area contributed by atoms with Gasteiger partial charge in [0.1, 0.15) is 16.2 Å². The van der Waals surface area contributed by atoms with Gasteiger partial charge in [-0.2, -0.15) is 0 Å². The SMILES string of the molecule is CC(C)(O)C(C)(C)O[B]c1ccc2oc3cc4nc(-c5ccccc5)sc4cc3c2c1. The Hall–Kier alpha value is -2.67. The molecule has 5 rings (SSSR count). The minimum atomic E-state index is -0.968. The highest BCUT2D eigenvalue weighted by Crippen LogP contribution is 2.36. The first-order valence-corrected chi connectivity index (χ1v) is 11.1. The van der Waals surface area contributed by atoms with Crippen molar-refractivity contribution >= 4 is 56.4 Å². The smallest absolute Gasteiger partial charge is 0.330 e. The average molecular weight is 428 g/mol. The van der Waals surface area contributed by atoms with Gasteiger partial charge in [-0.1, -0.05) is 47.9 Å². The van der Waals surface area contributed by atoms with Gasteiger partial charge in [0.25, 0.3) is 0 Å². The first-order valence-electron chi connectivity index (χ1n) is 10.3. The number of aliphatic hydroxyl groups is 1. The summed E-state index contributed by atoms with van der Waals surface area (Å²) in [5, 5.41) is 13.4. The molecule has 0 amide bonds. The summed E-state index contributed by atoms with van der Waals surface area (Å²) in [7, 11) is 1.70. The molecular formula is C25H23BNO3S. The zero-order valence-electron chi connectivity index (χ0n) is 18.0. The highest BCUT2D eigenvalue weighted by Gasteiger charge is 2.35. The molecule has 0 saturated carbocycles. The quantitative estimate of drug-likeness (QED) is 0.367. The number of nitrogens with zero attached hydrogens (tertiary/aromatic N) is 1. The Labute approximate surface area is 185 Å². The summed E-state index contributed by atoms with van der Waals surface area (Å²) in [4.78, 5) is 4.81. The van der Waals surface area contributed by atoms with Gasteiger partial charge >= 0.3 is 7.48 Å². The molecule has 5 aromatic rings. The van der Waals surface area contributed by atoms with E-state index >= 15 is 0 Å².